The number of amides is 2. The molecule has 8 heteroatoms. The van der Waals surface area contributed by atoms with E-state index >= 15 is 0 Å². The molecule has 3 unspecified atom stereocenters. The summed E-state index contributed by atoms with van der Waals surface area (Å²) >= 11 is 0. The fourth-order valence-electron chi connectivity index (χ4n) is 1.46. The molecule has 0 aromatic heterocycles. The van der Waals surface area contributed by atoms with Crippen LogP contribution in [0.3, 0.4) is 0 Å². The minimum absolute atomic E-state index is 0.298. The van der Waals surface area contributed by atoms with Gasteiger partial charge < -0.3 is 27.2 Å². The second-order valence-electron chi connectivity index (χ2n) is 4.70. The Balaban J connectivity index is 4.37. The van der Waals surface area contributed by atoms with Crippen LogP contribution >= 0.6 is 0 Å². The van der Waals surface area contributed by atoms with E-state index in [1.54, 1.807) is 0 Å². The van der Waals surface area contributed by atoms with Crippen LogP contribution in [-0.2, 0) is 14.4 Å². The molecule has 0 aromatic rings. The Hall–Kier alpha value is -1.67. The number of carboxylic acid groups (broad SMARTS) is 1. The van der Waals surface area contributed by atoms with Crippen molar-refractivity contribution in [3.63, 3.8) is 0 Å². The van der Waals surface area contributed by atoms with E-state index in [1.165, 1.54) is 13.8 Å². The summed E-state index contributed by atoms with van der Waals surface area (Å²) in [4.78, 5) is 34.2. The second kappa shape index (κ2) is 9.27. The van der Waals surface area contributed by atoms with E-state index < -0.39 is 35.9 Å². The quantitative estimate of drug-likeness (QED) is 0.327. The third kappa shape index (κ3) is 7.05. The Kier molecular flexibility index (Phi) is 8.49. The van der Waals surface area contributed by atoms with Crippen molar-refractivity contribution in [1.82, 2.24) is 10.6 Å². The number of carbonyl (C=O) groups excluding carboxylic acids is 2. The van der Waals surface area contributed by atoms with Crippen molar-refractivity contribution in [2.75, 3.05) is 6.54 Å². The molecule has 0 bridgehead atoms. The summed E-state index contributed by atoms with van der Waals surface area (Å²) in [7, 11) is 0. The van der Waals surface area contributed by atoms with Crippen LogP contribution in [0, 0.1) is 0 Å². The number of aliphatic carboxylic acids is 1. The molecule has 7 N–H and O–H groups in total. The number of hydrogen-bond donors (Lipinski definition) is 5. The van der Waals surface area contributed by atoms with Crippen LogP contribution in [0.5, 0.6) is 0 Å². The molecule has 8 nitrogen and oxygen atoms in total. The molecule has 0 radical (unpaired) electrons. The first-order valence-electron chi connectivity index (χ1n) is 6.58. The topological polar surface area (TPSA) is 148 Å². The molecule has 0 fully saturated rings. The van der Waals surface area contributed by atoms with Crippen LogP contribution in [-0.4, -0.2) is 47.6 Å². The maximum absolute atomic E-state index is 11.8. The molecule has 20 heavy (non-hydrogen) atoms. The summed E-state index contributed by atoms with van der Waals surface area (Å²) < 4.78 is 0. The van der Waals surface area contributed by atoms with Crippen LogP contribution in [0.25, 0.3) is 0 Å². The van der Waals surface area contributed by atoms with Gasteiger partial charge in [-0.15, -0.1) is 0 Å². The Morgan fingerprint density at radius 2 is 1.70 bits per heavy atom. The van der Waals surface area contributed by atoms with Gasteiger partial charge in [0.15, 0.2) is 0 Å². The van der Waals surface area contributed by atoms with E-state index in [0.717, 1.165) is 0 Å². The van der Waals surface area contributed by atoms with E-state index in [-0.39, 0.29) is 0 Å². The highest BCUT2D eigenvalue weighted by molar-refractivity contribution is 5.91. The largest absolute Gasteiger partial charge is 0.480 e. The minimum Gasteiger partial charge on any atom is -0.480 e. The molecule has 0 aliphatic heterocycles. The molecular formula is C12H24N4O4. The summed E-state index contributed by atoms with van der Waals surface area (Å²) in [5.74, 6) is -2.14. The predicted molar refractivity (Wildman–Crippen MR) is 73.7 cm³/mol. The first-order valence-corrected chi connectivity index (χ1v) is 6.58. The first-order chi connectivity index (χ1) is 9.29. The lowest BCUT2D eigenvalue weighted by Crippen LogP contribution is -2.52. The molecule has 116 valence electrons. The Morgan fingerprint density at radius 1 is 1.10 bits per heavy atom. The molecule has 2 amide bonds. The summed E-state index contributed by atoms with van der Waals surface area (Å²) in [5.41, 5.74) is 10.7. The average molecular weight is 288 g/mol. The summed E-state index contributed by atoms with van der Waals surface area (Å²) in [6, 6.07) is -2.56. The first kappa shape index (κ1) is 18.3. The van der Waals surface area contributed by atoms with E-state index in [4.69, 9.17) is 16.6 Å². The lowest BCUT2D eigenvalue weighted by Gasteiger charge is -2.19. The number of carboxylic acids is 1. The van der Waals surface area contributed by atoms with Crippen molar-refractivity contribution in [3.8, 4) is 0 Å². The monoisotopic (exact) mass is 288 g/mol. The van der Waals surface area contributed by atoms with E-state index in [9.17, 15) is 14.4 Å². The van der Waals surface area contributed by atoms with Gasteiger partial charge >= 0.3 is 5.97 Å². The van der Waals surface area contributed by atoms with E-state index in [1.807, 2.05) is 0 Å². The van der Waals surface area contributed by atoms with Gasteiger partial charge in [-0.1, -0.05) is 0 Å². The van der Waals surface area contributed by atoms with Crippen LogP contribution in [0.2, 0.25) is 0 Å². The molecule has 0 aromatic carbocycles. The fourth-order valence-corrected chi connectivity index (χ4v) is 1.46. The Bertz CT molecular complexity index is 346. The van der Waals surface area contributed by atoms with Crippen LogP contribution in [0.15, 0.2) is 0 Å². The van der Waals surface area contributed by atoms with Gasteiger partial charge in [0.2, 0.25) is 11.8 Å². The molecule has 3 atom stereocenters. The maximum Gasteiger partial charge on any atom is 0.326 e. The van der Waals surface area contributed by atoms with Gasteiger partial charge in [0.1, 0.15) is 12.1 Å². The highest BCUT2D eigenvalue weighted by Crippen LogP contribution is 2.01. The van der Waals surface area contributed by atoms with Crippen LogP contribution in [0.1, 0.15) is 33.1 Å². The zero-order valence-corrected chi connectivity index (χ0v) is 11.9. The van der Waals surface area contributed by atoms with Crippen LogP contribution < -0.4 is 22.1 Å². The smallest absolute Gasteiger partial charge is 0.326 e. The molecule has 0 saturated heterocycles. The maximum atomic E-state index is 11.8. The number of carbonyl (C=O) groups is 3. The van der Waals surface area contributed by atoms with Gasteiger partial charge in [0, 0.05) is 0 Å². The normalized spacial score (nSPS) is 15.0. The van der Waals surface area contributed by atoms with Gasteiger partial charge in [0.25, 0.3) is 0 Å². The average Bonchev–Trinajstić information content (AvgIpc) is 2.36. The lowest BCUT2D eigenvalue weighted by molar-refractivity contribution is -0.142. The number of rotatable bonds is 9. The molecule has 0 aliphatic carbocycles. The summed E-state index contributed by atoms with van der Waals surface area (Å²) in [6.07, 6.45) is 1.59. The summed E-state index contributed by atoms with van der Waals surface area (Å²) in [6.45, 7) is 3.43. The second-order valence-corrected chi connectivity index (χ2v) is 4.70. The highest BCUT2D eigenvalue weighted by atomic mass is 16.4. The van der Waals surface area contributed by atoms with Gasteiger partial charge in [-0.05, 0) is 39.7 Å². The number of nitrogens with one attached hydrogen (secondary N) is 2. The van der Waals surface area contributed by atoms with Gasteiger partial charge in [0.05, 0.1) is 6.04 Å². The zero-order chi connectivity index (χ0) is 15.7. The standard InChI is InChI=1S/C12H24N4O4/c1-7(14)10(17)15-8(2)11(18)16-9(12(19)20)5-3-4-6-13/h7-9H,3-6,13-14H2,1-2H3,(H,15,17)(H,16,18)(H,19,20). The van der Waals surface area contributed by atoms with Gasteiger partial charge in [-0.3, -0.25) is 9.59 Å². The van der Waals surface area contributed by atoms with E-state index in [0.29, 0.717) is 25.8 Å². The molecular weight excluding hydrogens is 264 g/mol. The minimum atomic E-state index is -1.11. The van der Waals surface area contributed by atoms with Crippen molar-refractivity contribution in [2.45, 2.75) is 51.2 Å². The van der Waals surface area contributed by atoms with Gasteiger partial charge in [-0.25, -0.2) is 4.79 Å². The van der Waals surface area contributed by atoms with Crippen molar-refractivity contribution in [3.05, 3.63) is 0 Å². The molecule has 0 rings (SSSR count). The fraction of sp³-hybridized carbons (Fsp3) is 0.750. The zero-order valence-electron chi connectivity index (χ0n) is 11.9. The number of nitrogens with two attached hydrogens (primary N) is 2. The Morgan fingerprint density at radius 3 is 2.15 bits per heavy atom. The van der Waals surface area contributed by atoms with Crippen molar-refractivity contribution < 1.29 is 19.5 Å². The van der Waals surface area contributed by atoms with Crippen molar-refractivity contribution >= 4 is 17.8 Å². The highest BCUT2D eigenvalue weighted by Gasteiger charge is 2.23. The predicted octanol–water partition coefficient (Wildman–Crippen LogP) is -1.46. The Labute approximate surface area is 118 Å². The lowest BCUT2D eigenvalue weighted by atomic mass is 10.1. The number of hydrogen-bond acceptors (Lipinski definition) is 5. The van der Waals surface area contributed by atoms with Crippen LogP contribution in [0.4, 0.5) is 0 Å². The van der Waals surface area contributed by atoms with E-state index in [2.05, 4.69) is 10.6 Å². The molecule has 0 heterocycles. The third-order valence-corrected chi connectivity index (χ3v) is 2.73. The third-order valence-electron chi connectivity index (χ3n) is 2.73. The summed E-state index contributed by atoms with van der Waals surface area (Å²) in [5, 5.41) is 13.8. The molecule has 0 spiro atoms. The molecule has 0 aliphatic rings. The SMILES string of the molecule is CC(N)C(=O)NC(C)C(=O)NC(CCCCN)C(=O)O. The van der Waals surface area contributed by atoms with Crippen molar-refractivity contribution in [2.24, 2.45) is 11.5 Å². The van der Waals surface area contributed by atoms with Gasteiger partial charge in [-0.2, -0.15) is 0 Å². The number of unbranched alkanes of at least 4 members (excludes halogenated alkanes) is 1. The molecule has 0 saturated carbocycles. The van der Waals surface area contributed by atoms with Crippen molar-refractivity contribution in [1.29, 1.82) is 0 Å².